The van der Waals surface area contributed by atoms with E-state index in [1.165, 1.54) is 18.7 Å². The molecule has 1 saturated carbocycles. The molecule has 4 atom stereocenters. The molecular formula is C29H27NO5S. The van der Waals surface area contributed by atoms with Gasteiger partial charge in [-0.2, -0.15) is 0 Å². The fourth-order valence-electron chi connectivity index (χ4n) is 6.14. The molecular weight excluding hydrogens is 474 g/mol. The van der Waals surface area contributed by atoms with E-state index >= 15 is 0 Å². The summed E-state index contributed by atoms with van der Waals surface area (Å²) < 4.78 is 32.1. The summed E-state index contributed by atoms with van der Waals surface area (Å²) in [5.74, 6) is -1.13. The molecule has 36 heavy (non-hydrogen) atoms. The Kier molecular flexibility index (Phi) is 4.96. The van der Waals surface area contributed by atoms with E-state index in [1.807, 2.05) is 91.0 Å². The van der Waals surface area contributed by atoms with Crippen LogP contribution in [0.15, 0.2) is 91.0 Å². The first-order chi connectivity index (χ1) is 17.2. The van der Waals surface area contributed by atoms with Crippen LogP contribution in [0.4, 0.5) is 0 Å². The lowest BCUT2D eigenvalue weighted by atomic mass is 9.85. The highest BCUT2D eigenvalue weighted by Gasteiger charge is 2.85. The number of β-lactam (4-membered cyclic amide) rings is 1. The molecule has 2 heterocycles. The second kappa shape index (κ2) is 7.77. The monoisotopic (exact) mass is 501 g/mol. The molecule has 0 radical (unpaired) electrons. The third-order valence-electron chi connectivity index (χ3n) is 8.16. The molecule has 7 heteroatoms. The molecule has 184 valence electrons. The van der Waals surface area contributed by atoms with Crippen molar-refractivity contribution in [2.24, 2.45) is 5.41 Å². The maximum atomic E-state index is 13.8. The lowest BCUT2D eigenvalue weighted by molar-refractivity contribution is -0.171. The Bertz CT molecular complexity index is 1400. The van der Waals surface area contributed by atoms with Gasteiger partial charge in [-0.3, -0.25) is 4.79 Å². The Hall–Kier alpha value is -3.45. The fourth-order valence-corrected chi connectivity index (χ4v) is 8.67. The maximum absolute atomic E-state index is 13.8. The molecule has 2 saturated heterocycles. The number of hydrogen-bond acceptors (Lipinski definition) is 5. The van der Waals surface area contributed by atoms with Gasteiger partial charge in [0.15, 0.2) is 21.3 Å². The molecule has 3 fully saturated rings. The summed E-state index contributed by atoms with van der Waals surface area (Å²) in [4.78, 5) is 28.6. The lowest BCUT2D eigenvalue weighted by Crippen LogP contribution is -2.65. The summed E-state index contributed by atoms with van der Waals surface area (Å²) in [6.45, 7) is 3.07. The molecule has 0 unspecified atom stereocenters. The van der Waals surface area contributed by atoms with Gasteiger partial charge in [-0.1, -0.05) is 91.0 Å². The summed E-state index contributed by atoms with van der Waals surface area (Å²) >= 11 is 0. The molecule has 1 spiro atoms. The number of sulfone groups is 1. The predicted octanol–water partition coefficient (Wildman–Crippen LogP) is 4.24. The Labute approximate surface area is 210 Å². The van der Waals surface area contributed by atoms with E-state index in [1.54, 1.807) is 0 Å². The van der Waals surface area contributed by atoms with Crippen LogP contribution in [0.1, 0.15) is 49.0 Å². The van der Waals surface area contributed by atoms with Crippen molar-refractivity contribution < 1.29 is 22.7 Å². The van der Waals surface area contributed by atoms with Crippen molar-refractivity contribution in [3.05, 3.63) is 108 Å². The minimum absolute atomic E-state index is 0.158. The number of carbonyl (C=O) groups excluding carboxylic acids is 2. The first-order valence-corrected chi connectivity index (χ1v) is 13.7. The molecule has 3 aliphatic rings. The summed E-state index contributed by atoms with van der Waals surface area (Å²) in [5.41, 5.74) is 1.51. The highest BCUT2D eigenvalue weighted by atomic mass is 32.2. The second-order valence-corrected chi connectivity index (χ2v) is 13.1. The van der Waals surface area contributed by atoms with Crippen LogP contribution < -0.4 is 0 Å². The van der Waals surface area contributed by atoms with E-state index in [0.29, 0.717) is 6.42 Å². The zero-order chi connectivity index (χ0) is 25.3. The van der Waals surface area contributed by atoms with E-state index in [4.69, 9.17) is 4.74 Å². The highest BCUT2D eigenvalue weighted by Crippen LogP contribution is 2.73. The largest absolute Gasteiger partial charge is 0.451 e. The van der Waals surface area contributed by atoms with Gasteiger partial charge >= 0.3 is 5.97 Å². The summed E-state index contributed by atoms with van der Waals surface area (Å²) in [6.07, 6.45) is -0.245. The number of fused-ring (bicyclic) bond motifs is 2. The number of nitrogens with zero attached hydrogens (tertiary/aromatic N) is 1. The van der Waals surface area contributed by atoms with E-state index in [-0.39, 0.29) is 11.8 Å². The average molecular weight is 502 g/mol. The lowest BCUT2D eigenvalue weighted by Gasteiger charge is -2.44. The smallest absolute Gasteiger partial charge is 0.331 e. The predicted molar refractivity (Wildman–Crippen MR) is 134 cm³/mol. The minimum Gasteiger partial charge on any atom is -0.451 e. The normalized spacial score (nSPS) is 29.0. The van der Waals surface area contributed by atoms with Crippen molar-refractivity contribution in [2.75, 3.05) is 0 Å². The number of amides is 1. The Morgan fingerprint density at radius 2 is 1.39 bits per heavy atom. The third kappa shape index (κ3) is 2.98. The van der Waals surface area contributed by atoms with Crippen molar-refractivity contribution >= 4 is 21.7 Å². The van der Waals surface area contributed by atoms with Gasteiger partial charge in [0.05, 0.1) is 10.2 Å². The summed E-state index contributed by atoms with van der Waals surface area (Å²) in [7, 11) is -3.84. The molecule has 1 amide bonds. The molecule has 0 N–H and O–H groups in total. The van der Waals surface area contributed by atoms with Crippen molar-refractivity contribution in [3.63, 3.8) is 0 Å². The fraction of sp³-hybridized carbons (Fsp3) is 0.310. The van der Waals surface area contributed by atoms with Gasteiger partial charge in [0, 0.05) is 5.92 Å². The van der Waals surface area contributed by atoms with Crippen molar-refractivity contribution in [1.82, 2.24) is 4.90 Å². The third-order valence-corrected chi connectivity index (χ3v) is 11.1. The molecule has 2 aliphatic heterocycles. The molecule has 1 aliphatic carbocycles. The SMILES string of the molecule is CC1(C)[C@H](C(=O)OC(c2ccccc2)c2ccccc2)N2C(=O)[C@]3(C[C@@H]3c3ccccc3)[C@H]2S1(=O)=O. The van der Waals surface area contributed by atoms with Crippen LogP contribution in [0.3, 0.4) is 0 Å². The quantitative estimate of drug-likeness (QED) is 0.386. The molecule has 6 rings (SSSR count). The van der Waals surface area contributed by atoms with Crippen LogP contribution in [0.2, 0.25) is 0 Å². The Morgan fingerprint density at radius 3 is 1.92 bits per heavy atom. The number of rotatable bonds is 5. The number of benzene rings is 3. The average Bonchev–Trinajstić information content (AvgIpc) is 3.63. The minimum atomic E-state index is -3.84. The van der Waals surface area contributed by atoms with E-state index in [2.05, 4.69) is 0 Å². The zero-order valence-corrected chi connectivity index (χ0v) is 20.9. The zero-order valence-electron chi connectivity index (χ0n) is 20.1. The molecule has 0 aromatic heterocycles. The highest BCUT2D eigenvalue weighted by molar-refractivity contribution is 7.94. The van der Waals surface area contributed by atoms with Crippen LogP contribution in [0.25, 0.3) is 0 Å². The van der Waals surface area contributed by atoms with E-state index in [0.717, 1.165) is 16.7 Å². The van der Waals surface area contributed by atoms with E-state index < -0.39 is 43.5 Å². The van der Waals surface area contributed by atoms with Gasteiger partial charge in [-0.25, -0.2) is 13.2 Å². The van der Waals surface area contributed by atoms with Gasteiger partial charge < -0.3 is 9.64 Å². The Balaban J connectivity index is 1.34. The van der Waals surface area contributed by atoms with Gasteiger partial charge in [0.25, 0.3) is 0 Å². The van der Waals surface area contributed by atoms with Crippen LogP contribution in [-0.4, -0.2) is 41.4 Å². The second-order valence-electron chi connectivity index (χ2n) is 10.5. The number of hydrogen-bond donors (Lipinski definition) is 0. The topological polar surface area (TPSA) is 80.8 Å². The maximum Gasteiger partial charge on any atom is 0.331 e. The molecule has 6 nitrogen and oxygen atoms in total. The van der Waals surface area contributed by atoms with Crippen molar-refractivity contribution in [2.45, 2.75) is 48.5 Å². The van der Waals surface area contributed by atoms with Gasteiger partial charge in [-0.15, -0.1) is 0 Å². The first-order valence-electron chi connectivity index (χ1n) is 12.1. The van der Waals surface area contributed by atoms with Crippen molar-refractivity contribution in [1.29, 1.82) is 0 Å². The van der Waals surface area contributed by atoms with Gasteiger partial charge in [-0.05, 0) is 37.0 Å². The van der Waals surface area contributed by atoms with Gasteiger partial charge in [0.2, 0.25) is 5.91 Å². The number of ether oxygens (including phenoxy) is 1. The number of carbonyl (C=O) groups is 2. The molecule has 0 bridgehead atoms. The molecule has 3 aromatic carbocycles. The number of esters is 1. The summed E-state index contributed by atoms with van der Waals surface area (Å²) in [5, 5.41) is -1.01. The summed E-state index contributed by atoms with van der Waals surface area (Å²) in [6, 6.07) is 27.0. The van der Waals surface area contributed by atoms with Crippen LogP contribution in [0.5, 0.6) is 0 Å². The van der Waals surface area contributed by atoms with Gasteiger partial charge in [0.1, 0.15) is 6.04 Å². The first kappa shape index (κ1) is 23.0. The van der Waals surface area contributed by atoms with Crippen LogP contribution in [0, 0.1) is 5.41 Å². The van der Waals surface area contributed by atoms with Crippen molar-refractivity contribution in [3.8, 4) is 0 Å². The van der Waals surface area contributed by atoms with Crippen LogP contribution in [-0.2, 0) is 24.2 Å². The molecule has 3 aromatic rings. The van der Waals surface area contributed by atoms with Crippen LogP contribution >= 0.6 is 0 Å². The van der Waals surface area contributed by atoms with E-state index in [9.17, 15) is 18.0 Å². The Morgan fingerprint density at radius 1 is 0.889 bits per heavy atom. The standard InChI is InChI=1S/C29H27NO5S/c1-28(2)24(25(31)35-23(20-14-8-4-9-15-20)21-16-10-5-11-17-21)30-26(32)29(27(30)36(28,33)34)18-22(29)19-12-6-3-7-13-19/h3-17,22-24,27H,18H2,1-2H3/t22-,24+,27-,29-/m1/s1.